The van der Waals surface area contributed by atoms with Crippen LogP contribution in [0.5, 0.6) is 5.88 Å². The molecule has 1 N–H and O–H groups in total. The van der Waals surface area contributed by atoms with Gasteiger partial charge in [0.05, 0.1) is 30.0 Å². The van der Waals surface area contributed by atoms with Crippen molar-refractivity contribution in [2.45, 2.75) is 6.92 Å². The van der Waals surface area contributed by atoms with Gasteiger partial charge in [-0.1, -0.05) is 6.07 Å². The summed E-state index contributed by atoms with van der Waals surface area (Å²) in [6, 6.07) is 9.19. The molecule has 2 aromatic heterocycles. The third-order valence-corrected chi connectivity index (χ3v) is 3.05. The van der Waals surface area contributed by atoms with Crippen molar-refractivity contribution in [3.63, 3.8) is 0 Å². The Morgan fingerprint density at radius 2 is 2.29 bits per heavy atom. The number of hydrogen-bond acceptors (Lipinski definition) is 5. The molecule has 0 unspecified atom stereocenters. The van der Waals surface area contributed by atoms with E-state index in [1.165, 1.54) is 0 Å². The molecule has 0 saturated heterocycles. The summed E-state index contributed by atoms with van der Waals surface area (Å²) >= 11 is 0. The van der Waals surface area contributed by atoms with Crippen molar-refractivity contribution >= 4 is 28.0 Å². The molecule has 3 aromatic rings. The highest BCUT2D eigenvalue weighted by Gasteiger charge is 2.12. The first-order valence-corrected chi connectivity index (χ1v) is 6.38. The van der Waals surface area contributed by atoms with Gasteiger partial charge in [0.25, 0.3) is 0 Å². The van der Waals surface area contributed by atoms with Crippen molar-refractivity contribution in [1.29, 1.82) is 5.26 Å². The lowest BCUT2D eigenvalue weighted by molar-refractivity contribution is 0.103. The van der Waals surface area contributed by atoms with Crippen molar-refractivity contribution < 1.29 is 14.3 Å². The normalized spacial score (nSPS) is 10.5. The zero-order chi connectivity index (χ0) is 14.8. The Morgan fingerprint density at radius 1 is 1.43 bits per heavy atom. The number of fused-ring (bicyclic) bond motifs is 3. The lowest BCUT2D eigenvalue weighted by atomic mass is 10.1. The summed E-state index contributed by atoms with van der Waals surface area (Å²) < 4.78 is 9.70. The van der Waals surface area contributed by atoms with Crippen LogP contribution in [0.4, 0.5) is 4.79 Å². The van der Waals surface area contributed by atoms with Crippen molar-refractivity contribution in [3.05, 3.63) is 36.0 Å². The second-order valence-corrected chi connectivity index (χ2v) is 4.32. The maximum atomic E-state index is 11.3. The highest BCUT2D eigenvalue weighted by molar-refractivity contribution is 6.10. The van der Waals surface area contributed by atoms with E-state index >= 15 is 0 Å². The molecule has 0 spiro atoms. The van der Waals surface area contributed by atoms with Gasteiger partial charge in [-0.05, 0) is 19.1 Å². The maximum Gasteiger partial charge on any atom is 0.515 e. The fourth-order valence-electron chi connectivity index (χ4n) is 2.22. The van der Waals surface area contributed by atoms with Crippen LogP contribution in [0.2, 0.25) is 0 Å². The minimum absolute atomic E-state index is 0.134. The fraction of sp³-hybridized carbons (Fsp3) is 0.133. The van der Waals surface area contributed by atoms with E-state index in [1.54, 1.807) is 31.3 Å². The largest absolute Gasteiger partial charge is 0.515 e. The Morgan fingerprint density at radius 3 is 3.05 bits per heavy atom. The molecule has 0 amide bonds. The quantitative estimate of drug-likeness (QED) is 0.729. The number of nitrogens with one attached hydrogen (secondary N) is 1. The van der Waals surface area contributed by atoms with E-state index in [0.29, 0.717) is 5.56 Å². The number of carbonyl (C=O) groups excluding carboxylic acids is 1. The standard InChI is InChI=1S/C15H11N3O3/c1-2-20-15(19)21-13-6-10-12(8-17-13)18-11-5-3-4-9(7-16)14(10)11/h3-6,8,18H,2H2,1H3. The van der Waals surface area contributed by atoms with Crippen LogP contribution in [-0.2, 0) is 4.74 Å². The predicted molar refractivity (Wildman–Crippen MR) is 76.0 cm³/mol. The van der Waals surface area contributed by atoms with Crippen LogP contribution in [0, 0.1) is 11.3 Å². The maximum absolute atomic E-state index is 11.3. The number of pyridine rings is 1. The number of nitriles is 1. The number of H-pyrrole nitrogens is 1. The zero-order valence-corrected chi connectivity index (χ0v) is 11.2. The van der Waals surface area contributed by atoms with E-state index < -0.39 is 6.16 Å². The Hall–Kier alpha value is -3.07. The van der Waals surface area contributed by atoms with Gasteiger partial charge in [-0.3, -0.25) is 0 Å². The van der Waals surface area contributed by atoms with Crippen molar-refractivity contribution in [1.82, 2.24) is 9.97 Å². The lowest BCUT2D eigenvalue weighted by Crippen LogP contribution is -2.10. The van der Waals surface area contributed by atoms with Crippen LogP contribution < -0.4 is 4.74 Å². The van der Waals surface area contributed by atoms with Crippen LogP contribution in [-0.4, -0.2) is 22.7 Å². The summed E-state index contributed by atoms with van der Waals surface area (Å²) in [5.74, 6) is 0.134. The smallest absolute Gasteiger partial charge is 0.434 e. The number of aromatic nitrogens is 2. The van der Waals surface area contributed by atoms with E-state index in [1.807, 2.05) is 6.07 Å². The first kappa shape index (κ1) is 12.9. The Labute approximate surface area is 119 Å². The summed E-state index contributed by atoms with van der Waals surface area (Å²) in [7, 11) is 0. The molecule has 6 heteroatoms. The average molecular weight is 281 g/mol. The number of hydrogen-bond donors (Lipinski definition) is 1. The molecular formula is C15H11N3O3. The number of benzene rings is 1. The van der Waals surface area contributed by atoms with Gasteiger partial charge in [0.15, 0.2) is 0 Å². The van der Waals surface area contributed by atoms with Gasteiger partial charge in [-0.15, -0.1) is 0 Å². The van der Waals surface area contributed by atoms with Gasteiger partial charge in [0, 0.05) is 22.4 Å². The first-order chi connectivity index (χ1) is 10.2. The van der Waals surface area contributed by atoms with Gasteiger partial charge in [-0.25, -0.2) is 9.78 Å². The Bertz CT molecular complexity index is 877. The zero-order valence-electron chi connectivity index (χ0n) is 11.2. The third kappa shape index (κ3) is 2.25. The molecule has 0 saturated carbocycles. The van der Waals surface area contributed by atoms with Crippen LogP contribution >= 0.6 is 0 Å². The topological polar surface area (TPSA) is 88.0 Å². The van der Waals surface area contributed by atoms with Crippen LogP contribution in [0.25, 0.3) is 21.8 Å². The van der Waals surface area contributed by atoms with E-state index in [2.05, 4.69) is 16.0 Å². The molecule has 0 aliphatic heterocycles. The van der Waals surface area contributed by atoms with E-state index in [-0.39, 0.29) is 12.5 Å². The van der Waals surface area contributed by atoms with Crippen LogP contribution in [0.15, 0.2) is 30.5 Å². The molecule has 0 aliphatic rings. The molecule has 1 aromatic carbocycles. The van der Waals surface area contributed by atoms with Gasteiger partial charge < -0.3 is 14.5 Å². The molecule has 0 fully saturated rings. The predicted octanol–water partition coefficient (Wildman–Crippen LogP) is 3.12. The lowest BCUT2D eigenvalue weighted by Gasteiger charge is -2.02. The summed E-state index contributed by atoms with van der Waals surface area (Å²) in [6.07, 6.45) is 0.759. The minimum atomic E-state index is -0.801. The molecule has 0 radical (unpaired) electrons. The SMILES string of the molecule is CCOC(=O)Oc1cc2c(cn1)[nH]c1cccc(C#N)c12. The van der Waals surface area contributed by atoms with E-state index in [0.717, 1.165) is 21.8 Å². The van der Waals surface area contributed by atoms with Crippen molar-refractivity contribution in [2.24, 2.45) is 0 Å². The Kier molecular flexibility index (Phi) is 3.16. The highest BCUT2D eigenvalue weighted by atomic mass is 16.7. The summed E-state index contributed by atoms with van der Waals surface area (Å²) in [6.45, 7) is 1.92. The number of nitrogens with zero attached hydrogens (tertiary/aromatic N) is 2. The molecule has 2 heterocycles. The minimum Gasteiger partial charge on any atom is -0.434 e. The molecule has 0 aliphatic carbocycles. The number of carbonyl (C=O) groups is 1. The van der Waals surface area contributed by atoms with Crippen LogP contribution in [0.3, 0.4) is 0 Å². The summed E-state index contributed by atoms with van der Waals surface area (Å²) in [4.78, 5) is 18.5. The number of ether oxygens (including phenoxy) is 2. The van der Waals surface area contributed by atoms with Gasteiger partial charge in [-0.2, -0.15) is 5.26 Å². The number of rotatable bonds is 2. The molecule has 21 heavy (non-hydrogen) atoms. The fourth-order valence-corrected chi connectivity index (χ4v) is 2.22. The Balaban J connectivity index is 2.14. The van der Waals surface area contributed by atoms with Gasteiger partial charge in [0.1, 0.15) is 0 Å². The second-order valence-electron chi connectivity index (χ2n) is 4.32. The molecular weight excluding hydrogens is 270 g/mol. The van der Waals surface area contributed by atoms with Crippen molar-refractivity contribution in [3.8, 4) is 11.9 Å². The molecule has 6 nitrogen and oxygen atoms in total. The molecule has 0 atom stereocenters. The first-order valence-electron chi connectivity index (χ1n) is 6.38. The summed E-state index contributed by atoms with van der Waals surface area (Å²) in [5.41, 5.74) is 2.15. The van der Waals surface area contributed by atoms with Gasteiger partial charge >= 0.3 is 6.16 Å². The molecule has 3 rings (SSSR count). The average Bonchev–Trinajstić information content (AvgIpc) is 2.85. The van der Waals surface area contributed by atoms with E-state index in [4.69, 9.17) is 9.47 Å². The molecule has 0 bridgehead atoms. The highest BCUT2D eigenvalue weighted by Crippen LogP contribution is 2.29. The second kappa shape index (κ2) is 5.13. The van der Waals surface area contributed by atoms with Gasteiger partial charge in [0.2, 0.25) is 5.88 Å². The third-order valence-electron chi connectivity index (χ3n) is 3.05. The molecule has 104 valence electrons. The monoisotopic (exact) mass is 281 g/mol. The van der Waals surface area contributed by atoms with Crippen molar-refractivity contribution in [2.75, 3.05) is 6.61 Å². The summed E-state index contributed by atoms with van der Waals surface area (Å²) in [5, 5.41) is 10.8. The van der Waals surface area contributed by atoms with Crippen LogP contribution in [0.1, 0.15) is 12.5 Å². The van der Waals surface area contributed by atoms with E-state index in [9.17, 15) is 10.1 Å². The number of aromatic amines is 1.